The molecule has 0 saturated heterocycles. The summed E-state index contributed by atoms with van der Waals surface area (Å²) < 4.78 is 0. The van der Waals surface area contributed by atoms with Gasteiger partial charge in [0.05, 0.1) is 6.04 Å². The van der Waals surface area contributed by atoms with Crippen molar-refractivity contribution in [1.29, 1.82) is 0 Å². The van der Waals surface area contributed by atoms with Crippen LogP contribution < -0.4 is 11.1 Å². The minimum atomic E-state index is -0.298. The molecule has 0 spiro atoms. The Labute approximate surface area is 95.3 Å². The summed E-state index contributed by atoms with van der Waals surface area (Å²) in [6, 6.07) is 8.01. The number of benzene rings is 1. The summed E-state index contributed by atoms with van der Waals surface area (Å²) in [5.41, 5.74) is 9.12. The molecule has 1 aromatic rings. The molecule has 3 nitrogen and oxygen atoms in total. The quantitative estimate of drug-likeness (QED) is 0.791. The zero-order chi connectivity index (χ0) is 11.5. The molecule has 0 aromatic heterocycles. The number of nitrogens with two attached hydrogens (primary N) is 1. The Morgan fingerprint density at radius 3 is 2.94 bits per heavy atom. The normalized spacial score (nSPS) is 15.4. The molecule has 1 atom stereocenters. The van der Waals surface area contributed by atoms with E-state index in [-0.39, 0.29) is 11.9 Å². The van der Waals surface area contributed by atoms with E-state index < -0.39 is 0 Å². The third-order valence-electron chi connectivity index (χ3n) is 3.05. The highest BCUT2D eigenvalue weighted by Crippen LogP contribution is 2.30. The first-order valence-electron chi connectivity index (χ1n) is 5.46. The Bertz CT molecular complexity index is 437. The number of amides is 1. The molecule has 1 aliphatic rings. The van der Waals surface area contributed by atoms with E-state index in [1.807, 2.05) is 12.1 Å². The third-order valence-corrected chi connectivity index (χ3v) is 3.05. The minimum absolute atomic E-state index is 0.280. The van der Waals surface area contributed by atoms with Crippen molar-refractivity contribution in [2.24, 2.45) is 5.73 Å². The van der Waals surface area contributed by atoms with Gasteiger partial charge in [0.1, 0.15) is 0 Å². The molecule has 1 aromatic carbocycles. The zero-order valence-electron chi connectivity index (χ0n) is 9.36. The van der Waals surface area contributed by atoms with E-state index in [1.165, 1.54) is 16.7 Å². The molecule has 0 bridgehead atoms. The second-order valence-electron chi connectivity index (χ2n) is 4.04. The standard InChI is InChI=1S/C13H16N2O/c1-15-12(13(14)16)8-10-7-6-9-4-2-3-5-11(9)10/h2-5,7,12,15H,6,8H2,1H3,(H2,14,16). The molecule has 0 heterocycles. The summed E-state index contributed by atoms with van der Waals surface area (Å²) in [5, 5.41) is 2.94. The van der Waals surface area contributed by atoms with Crippen LogP contribution in [-0.2, 0) is 11.2 Å². The molecule has 3 heteroatoms. The highest BCUT2D eigenvalue weighted by atomic mass is 16.1. The lowest BCUT2D eigenvalue weighted by Crippen LogP contribution is -2.39. The van der Waals surface area contributed by atoms with Crippen molar-refractivity contribution in [3.8, 4) is 0 Å². The molecule has 84 valence electrons. The molecule has 1 aliphatic carbocycles. The zero-order valence-corrected chi connectivity index (χ0v) is 9.36. The average Bonchev–Trinajstić information content (AvgIpc) is 2.69. The van der Waals surface area contributed by atoms with Crippen LogP contribution in [0.5, 0.6) is 0 Å². The van der Waals surface area contributed by atoms with Gasteiger partial charge < -0.3 is 11.1 Å². The van der Waals surface area contributed by atoms with Gasteiger partial charge in [0.2, 0.25) is 5.91 Å². The van der Waals surface area contributed by atoms with Crippen LogP contribution in [0, 0.1) is 0 Å². The number of nitrogens with one attached hydrogen (secondary N) is 1. The second kappa shape index (κ2) is 4.49. The lowest BCUT2D eigenvalue weighted by atomic mass is 9.99. The summed E-state index contributed by atoms with van der Waals surface area (Å²) in [7, 11) is 1.76. The van der Waals surface area contributed by atoms with E-state index >= 15 is 0 Å². The van der Waals surface area contributed by atoms with Gasteiger partial charge in [0, 0.05) is 0 Å². The summed E-state index contributed by atoms with van der Waals surface area (Å²) in [6.07, 6.45) is 3.81. The highest BCUT2D eigenvalue weighted by molar-refractivity contribution is 5.84. The van der Waals surface area contributed by atoms with Crippen LogP contribution in [-0.4, -0.2) is 19.0 Å². The van der Waals surface area contributed by atoms with Gasteiger partial charge in [-0.1, -0.05) is 30.3 Å². The van der Waals surface area contributed by atoms with Crippen LogP contribution in [0.1, 0.15) is 17.5 Å². The number of hydrogen-bond acceptors (Lipinski definition) is 2. The van der Waals surface area contributed by atoms with Gasteiger partial charge in [-0.25, -0.2) is 0 Å². The molecule has 0 radical (unpaired) electrons. The fraction of sp³-hybridized carbons (Fsp3) is 0.308. The van der Waals surface area contributed by atoms with Gasteiger partial charge in [0.15, 0.2) is 0 Å². The first-order chi connectivity index (χ1) is 7.72. The van der Waals surface area contributed by atoms with Crippen molar-refractivity contribution in [3.63, 3.8) is 0 Å². The number of carbonyl (C=O) groups excluding carboxylic acids is 1. The number of rotatable bonds is 4. The van der Waals surface area contributed by atoms with Crippen molar-refractivity contribution in [2.45, 2.75) is 18.9 Å². The fourth-order valence-corrected chi connectivity index (χ4v) is 2.11. The van der Waals surface area contributed by atoms with Crippen LogP contribution in [0.25, 0.3) is 5.57 Å². The van der Waals surface area contributed by atoms with E-state index in [0.29, 0.717) is 6.42 Å². The number of allylic oxidation sites excluding steroid dienone is 1. The lowest BCUT2D eigenvalue weighted by molar-refractivity contribution is -0.119. The SMILES string of the molecule is CNC(CC1=CCc2ccccc21)C(N)=O. The Balaban J connectivity index is 2.16. The molecule has 1 unspecified atom stereocenters. The lowest BCUT2D eigenvalue weighted by Gasteiger charge is -2.13. The second-order valence-corrected chi connectivity index (χ2v) is 4.04. The van der Waals surface area contributed by atoms with Crippen LogP contribution >= 0.6 is 0 Å². The Morgan fingerprint density at radius 2 is 2.25 bits per heavy atom. The van der Waals surface area contributed by atoms with Gasteiger partial charge in [-0.2, -0.15) is 0 Å². The van der Waals surface area contributed by atoms with Gasteiger partial charge in [-0.3, -0.25) is 4.79 Å². The van der Waals surface area contributed by atoms with E-state index in [1.54, 1.807) is 7.05 Å². The fourth-order valence-electron chi connectivity index (χ4n) is 2.11. The van der Waals surface area contributed by atoms with E-state index in [2.05, 4.69) is 23.5 Å². The molecule has 0 saturated carbocycles. The molecule has 0 aliphatic heterocycles. The van der Waals surface area contributed by atoms with Crippen molar-refractivity contribution in [3.05, 3.63) is 41.5 Å². The summed E-state index contributed by atoms with van der Waals surface area (Å²) in [5.74, 6) is -0.298. The molecule has 2 rings (SSSR count). The maximum absolute atomic E-state index is 11.2. The predicted octanol–water partition coefficient (Wildman–Crippen LogP) is 1.09. The molecular weight excluding hydrogens is 200 g/mol. The highest BCUT2D eigenvalue weighted by Gasteiger charge is 2.19. The molecule has 0 fully saturated rings. The number of carbonyl (C=O) groups is 1. The van der Waals surface area contributed by atoms with Crippen LogP contribution in [0.15, 0.2) is 30.3 Å². The van der Waals surface area contributed by atoms with Crippen molar-refractivity contribution in [1.82, 2.24) is 5.32 Å². The van der Waals surface area contributed by atoms with Gasteiger partial charge in [0.25, 0.3) is 0 Å². The number of fused-ring (bicyclic) bond motifs is 1. The van der Waals surface area contributed by atoms with Crippen molar-refractivity contribution < 1.29 is 4.79 Å². The number of likely N-dealkylation sites (N-methyl/N-ethyl adjacent to an activating group) is 1. The largest absolute Gasteiger partial charge is 0.368 e. The van der Waals surface area contributed by atoms with E-state index in [0.717, 1.165) is 6.42 Å². The Kier molecular flexibility index (Phi) is 3.06. The van der Waals surface area contributed by atoms with Crippen molar-refractivity contribution in [2.75, 3.05) is 7.05 Å². The van der Waals surface area contributed by atoms with Crippen LogP contribution in [0.3, 0.4) is 0 Å². The average molecular weight is 216 g/mol. The van der Waals surface area contributed by atoms with Gasteiger partial charge >= 0.3 is 0 Å². The molecule has 16 heavy (non-hydrogen) atoms. The number of hydrogen-bond donors (Lipinski definition) is 2. The first kappa shape index (κ1) is 10.9. The molecule has 3 N–H and O–H groups in total. The molecule has 1 amide bonds. The van der Waals surface area contributed by atoms with Crippen molar-refractivity contribution >= 4 is 11.5 Å². The van der Waals surface area contributed by atoms with Gasteiger partial charge in [-0.05, 0) is 36.6 Å². The summed E-state index contributed by atoms with van der Waals surface area (Å²) >= 11 is 0. The topological polar surface area (TPSA) is 55.1 Å². The van der Waals surface area contributed by atoms with Crippen LogP contribution in [0.2, 0.25) is 0 Å². The summed E-state index contributed by atoms with van der Waals surface area (Å²) in [6.45, 7) is 0. The minimum Gasteiger partial charge on any atom is -0.368 e. The monoisotopic (exact) mass is 216 g/mol. The summed E-state index contributed by atoms with van der Waals surface area (Å²) in [4.78, 5) is 11.2. The molecular formula is C13H16N2O. The first-order valence-corrected chi connectivity index (χ1v) is 5.46. The Morgan fingerprint density at radius 1 is 1.50 bits per heavy atom. The Hall–Kier alpha value is -1.61. The maximum Gasteiger partial charge on any atom is 0.234 e. The van der Waals surface area contributed by atoms with E-state index in [4.69, 9.17) is 5.73 Å². The van der Waals surface area contributed by atoms with E-state index in [9.17, 15) is 4.79 Å². The maximum atomic E-state index is 11.2. The third kappa shape index (κ3) is 1.99. The van der Waals surface area contributed by atoms with Crippen LogP contribution in [0.4, 0.5) is 0 Å². The predicted molar refractivity (Wildman–Crippen MR) is 64.8 cm³/mol. The number of primary amides is 1. The van der Waals surface area contributed by atoms with Gasteiger partial charge in [-0.15, -0.1) is 0 Å². The smallest absolute Gasteiger partial charge is 0.234 e.